The number of ether oxygens (including phenoxy) is 1. The molecule has 4 rings (SSSR count). The smallest absolute Gasteiger partial charge is 0.250 e. The van der Waals surface area contributed by atoms with Gasteiger partial charge in [0.15, 0.2) is 0 Å². The van der Waals surface area contributed by atoms with Gasteiger partial charge in [0, 0.05) is 35.7 Å². The summed E-state index contributed by atoms with van der Waals surface area (Å²) in [7, 11) is 1.55. The van der Waals surface area contributed by atoms with Crippen LogP contribution in [0.1, 0.15) is 32.1 Å². The van der Waals surface area contributed by atoms with Crippen LogP contribution in [0.25, 0.3) is 0 Å². The zero-order chi connectivity index (χ0) is 23.8. The first-order chi connectivity index (χ1) is 15.8. The molecule has 0 radical (unpaired) electrons. The number of carbonyl (C=O) groups excluding carboxylic acids is 3. The molecule has 33 heavy (non-hydrogen) atoms. The van der Waals surface area contributed by atoms with Crippen molar-refractivity contribution in [2.24, 2.45) is 11.8 Å². The molecule has 3 heterocycles. The molecule has 0 aromatic heterocycles. The number of likely N-dealkylation sites (tertiary alicyclic amines) is 1. The number of amides is 3. The van der Waals surface area contributed by atoms with E-state index in [4.69, 9.17) is 21.4 Å². The lowest BCUT2D eigenvalue weighted by Crippen LogP contribution is -2.54. The Morgan fingerprint density at radius 1 is 1.21 bits per heavy atom. The molecule has 3 amide bonds. The van der Waals surface area contributed by atoms with E-state index in [1.807, 2.05) is 0 Å². The van der Waals surface area contributed by atoms with Crippen molar-refractivity contribution in [3.63, 3.8) is 0 Å². The Bertz CT molecular complexity index is 916. The summed E-state index contributed by atoms with van der Waals surface area (Å²) in [6.07, 6.45) is 3.09. The van der Waals surface area contributed by atoms with Gasteiger partial charge in [0.1, 0.15) is 11.6 Å². The third-order valence-electron chi connectivity index (χ3n) is 7.01. The lowest BCUT2D eigenvalue weighted by Gasteiger charge is -2.34. The van der Waals surface area contributed by atoms with Gasteiger partial charge in [-0.1, -0.05) is 40.4 Å². The van der Waals surface area contributed by atoms with Crippen LogP contribution in [0.2, 0.25) is 5.02 Å². The number of halogens is 2. The summed E-state index contributed by atoms with van der Waals surface area (Å²) in [6, 6.07) is 5.94. The molecule has 2 bridgehead atoms. The average Bonchev–Trinajstić information content (AvgIpc) is 3.38. The minimum Gasteiger partial charge on any atom is -0.396 e. The summed E-state index contributed by atoms with van der Waals surface area (Å²) >= 11 is 9.60. The van der Waals surface area contributed by atoms with Crippen molar-refractivity contribution >= 4 is 50.9 Å². The highest BCUT2D eigenvalue weighted by Crippen LogP contribution is 2.60. The maximum Gasteiger partial charge on any atom is 0.250 e. The zero-order valence-corrected chi connectivity index (χ0v) is 20.8. The molecule has 10 heteroatoms. The van der Waals surface area contributed by atoms with E-state index in [9.17, 15) is 14.4 Å². The van der Waals surface area contributed by atoms with E-state index in [0.29, 0.717) is 36.5 Å². The molecule has 3 saturated heterocycles. The summed E-state index contributed by atoms with van der Waals surface area (Å²) in [6.45, 7) is 0.526. The maximum absolute atomic E-state index is 13.7. The van der Waals surface area contributed by atoms with Crippen molar-refractivity contribution in [3.8, 4) is 0 Å². The fourth-order valence-corrected chi connectivity index (χ4v) is 6.70. The highest BCUT2D eigenvalue weighted by atomic mass is 79.9. The first-order valence-electron chi connectivity index (χ1n) is 11.4. The van der Waals surface area contributed by atoms with Crippen LogP contribution in [0, 0.1) is 11.8 Å². The third kappa shape index (κ3) is 4.29. The Morgan fingerprint density at radius 3 is 2.58 bits per heavy atom. The SMILES string of the molecule is CNC(=O)[C@H]1[C@@H]2OC3(CC2Br)C(C(=O)Nc2ccc(Cl)cc2)N(CCCCCCO)C(=O)[C@H]13. The summed E-state index contributed by atoms with van der Waals surface area (Å²) in [5, 5.41) is 15.2. The molecule has 0 aliphatic carbocycles. The standard InChI is InChI=1S/C23H29BrClN3O5/c1-26-20(30)16-17-22(32)28(10-4-2-3-5-11-29)19(23(17)12-15(24)18(16)33-23)21(31)27-14-8-6-13(25)7-9-14/h6-9,15-19,29H,2-5,10-12H2,1H3,(H,26,30)(H,27,31)/t15?,16-,17+,18-,19?,23?/m1/s1. The topological polar surface area (TPSA) is 108 Å². The van der Waals surface area contributed by atoms with Crippen molar-refractivity contribution in [1.29, 1.82) is 0 Å². The Morgan fingerprint density at radius 2 is 1.91 bits per heavy atom. The van der Waals surface area contributed by atoms with Crippen molar-refractivity contribution in [1.82, 2.24) is 10.2 Å². The number of nitrogens with one attached hydrogen (secondary N) is 2. The van der Waals surface area contributed by atoms with Gasteiger partial charge in [0.25, 0.3) is 0 Å². The van der Waals surface area contributed by atoms with E-state index in [2.05, 4.69) is 26.6 Å². The van der Waals surface area contributed by atoms with Crippen molar-refractivity contribution in [3.05, 3.63) is 29.3 Å². The highest BCUT2D eigenvalue weighted by Gasteiger charge is 2.76. The molecule has 1 aromatic rings. The molecular weight excluding hydrogens is 514 g/mol. The molecular formula is C23H29BrClN3O5. The van der Waals surface area contributed by atoms with Crippen LogP contribution >= 0.6 is 27.5 Å². The van der Waals surface area contributed by atoms with E-state index >= 15 is 0 Å². The highest BCUT2D eigenvalue weighted by molar-refractivity contribution is 9.09. The van der Waals surface area contributed by atoms with Crippen LogP contribution in [-0.4, -0.2) is 70.5 Å². The number of anilines is 1. The number of unbranched alkanes of at least 4 members (excludes halogenated alkanes) is 3. The summed E-state index contributed by atoms with van der Waals surface area (Å²) < 4.78 is 6.38. The summed E-state index contributed by atoms with van der Waals surface area (Å²) in [5.74, 6) is -2.13. The molecule has 0 saturated carbocycles. The monoisotopic (exact) mass is 541 g/mol. The van der Waals surface area contributed by atoms with Gasteiger partial charge >= 0.3 is 0 Å². The van der Waals surface area contributed by atoms with Gasteiger partial charge < -0.3 is 25.4 Å². The number of hydrogen-bond donors (Lipinski definition) is 3. The van der Waals surface area contributed by atoms with Gasteiger partial charge in [-0.05, 0) is 43.5 Å². The lowest BCUT2D eigenvalue weighted by atomic mass is 9.70. The van der Waals surface area contributed by atoms with Crippen LogP contribution in [0.5, 0.6) is 0 Å². The van der Waals surface area contributed by atoms with Gasteiger partial charge in [-0.15, -0.1) is 0 Å². The lowest BCUT2D eigenvalue weighted by molar-refractivity contribution is -0.140. The molecule has 1 aromatic carbocycles. The number of rotatable bonds is 9. The molecule has 3 N–H and O–H groups in total. The first-order valence-corrected chi connectivity index (χ1v) is 12.6. The molecule has 180 valence electrons. The van der Waals surface area contributed by atoms with Crippen molar-refractivity contribution < 1.29 is 24.2 Å². The molecule has 6 atom stereocenters. The minimum absolute atomic E-state index is 0.126. The molecule has 3 fully saturated rings. The van der Waals surface area contributed by atoms with Gasteiger partial charge in [0.05, 0.1) is 17.9 Å². The maximum atomic E-state index is 13.7. The number of benzene rings is 1. The average molecular weight is 543 g/mol. The van der Waals surface area contributed by atoms with Gasteiger partial charge in [-0.3, -0.25) is 14.4 Å². The summed E-state index contributed by atoms with van der Waals surface area (Å²) in [4.78, 5) is 41.5. The molecule has 8 nitrogen and oxygen atoms in total. The third-order valence-corrected chi connectivity index (χ3v) is 8.10. The normalized spacial score (nSPS) is 32.2. The van der Waals surface area contributed by atoms with Gasteiger partial charge in [-0.25, -0.2) is 0 Å². The second-order valence-corrected chi connectivity index (χ2v) is 10.6. The largest absolute Gasteiger partial charge is 0.396 e. The van der Waals surface area contributed by atoms with Crippen LogP contribution in [0.15, 0.2) is 24.3 Å². The number of aliphatic hydroxyl groups excluding tert-OH is 1. The Kier molecular flexibility index (Phi) is 7.33. The zero-order valence-electron chi connectivity index (χ0n) is 18.4. The van der Waals surface area contributed by atoms with E-state index in [1.165, 1.54) is 0 Å². The number of carbonyl (C=O) groups is 3. The number of aliphatic hydroxyl groups is 1. The second kappa shape index (κ2) is 9.90. The summed E-state index contributed by atoms with van der Waals surface area (Å²) in [5.41, 5.74) is -0.486. The predicted octanol–water partition coefficient (Wildman–Crippen LogP) is 2.33. The minimum atomic E-state index is -1.06. The number of alkyl halides is 1. The number of nitrogens with zero attached hydrogens (tertiary/aromatic N) is 1. The molecule has 1 spiro atoms. The van der Waals surface area contributed by atoms with Crippen LogP contribution in [-0.2, 0) is 19.1 Å². The van der Waals surface area contributed by atoms with Gasteiger partial charge in [-0.2, -0.15) is 0 Å². The fraction of sp³-hybridized carbons (Fsp3) is 0.609. The molecule has 3 unspecified atom stereocenters. The van der Waals surface area contributed by atoms with E-state index < -0.39 is 29.6 Å². The Hall–Kier alpha value is -1.68. The molecule has 3 aliphatic heterocycles. The van der Waals surface area contributed by atoms with E-state index in [-0.39, 0.29) is 29.2 Å². The van der Waals surface area contributed by atoms with Gasteiger partial charge in [0.2, 0.25) is 17.7 Å². The fourth-order valence-electron chi connectivity index (χ4n) is 5.63. The Balaban J connectivity index is 1.63. The van der Waals surface area contributed by atoms with Crippen molar-refractivity contribution in [2.75, 3.05) is 25.5 Å². The Labute approximate surface area is 206 Å². The first kappa shape index (κ1) is 24.4. The quantitative estimate of drug-likeness (QED) is 0.328. The number of fused-ring (bicyclic) bond motifs is 1. The number of hydrogen-bond acceptors (Lipinski definition) is 5. The van der Waals surface area contributed by atoms with Crippen LogP contribution in [0.4, 0.5) is 5.69 Å². The van der Waals surface area contributed by atoms with Crippen LogP contribution in [0.3, 0.4) is 0 Å². The predicted molar refractivity (Wildman–Crippen MR) is 127 cm³/mol. The van der Waals surface area contributed by atoms with Crippen molar-refractivity contribution in [2.45, 2.75) is 54.7 Å². The van der Waals surface area contributed by atoms with Crippen LogP contribution < -0.4 is 10.6 Å². The van der Waals surface area contributed by atoms with E-state index in [0.717, 1.165) is 12.8 Å². The molecule has 3 aliphatic rings. The van der Waals surface area contributed by atoms with E-state index in [1.54, 1.807) is 36.2 Å². The second-order valence-electron chi connectivity index (χ2n) is 8.94.